The Morgan fingerprint density at radius 1 is 1.20 bits per heavy atom. The fourth-order valence-corrected chi connectivity index (χ4v) is 2.42. The minimum absolute atomic E-state index is 0.0846. The summed E-state index contributed by atoms with van der Waals surface area (Å²) >= 11 is 5.97. The summed E-state index contributed by atoms with van der Waals surface area (Å²) in [5.74, 6) is 1.14. The first kappa shape index (κ1) is 19.1. The van der Waals surface area contributed by atoms with Crippen LogP contribution in [0.15, 0.2) is 42.5 Å². The lowest BCUT2D eigenvalue weighted by Gasteiger charge is -2.21. The molecule has 1 amide bonds. The predicted molar refractivity (Wildman–Crippen MR) is 97.6 cm³/mol. The number of methoxy groups -OCH3 is 1. The van der Waals surface area contributed by atoms with E-state index in [-0.39, 0.29) is 19.1 Å². The van der Waals surface area contributed by atoms with Crippen molar-refractivity contribution in [1.29, 1.82) is 0 Å². The third-order valence-electron chi connectivity index (χ3n) is 3.74. The van der Waals surface area contributed by atoms with Crippen molar-refractivity contribution in [1.82, 2.24) is 4.90 Å². The summed E-state index contributed by atoms with van der Waals surface area (Å²) in [7, 11) is 3.21. The zero-order valence-corrected chi connectivity index (χ0v) is 15.3. The summed E-state index contributed by atoms with van der Waals surface area (Å²) < 4.78 is 10.6. The molecule has 0 aliphatic carbocycles. The van der Waals surface area contributed by atoms with Crippen LogP contribution in [0.4, 0.5) is 0 Å². The number of benzene rings is 2. The van der Waals surface area contributed by atoms with Crippen molar-refractivity contribution >= 4 is 17.5 Å². The molecule has 0 saturated carbocycles. The van der Waals surface area contributed by atoms with Crippen LogP contribution in [0.1, 0.15) is 15.9 Å². The van der Waals surface area contributed by atoms with Crippen molar-refractivity contribution in [2.24, 2.45) is 0 Å². The van der Waals surface area contributed by atoms with Crippen LogP contribution in [-0.2, 0) is 0 Å². The first-order valence-electron chi connectivity index (χ1n) is 7.87. The van der Waals surface area contributed by atoms with Gasteiger partial charge in [0.1, 0.15) is 24.2 Å². The van der Waals surface area contributed by atoms with Crippen LogP contribution in [0.3, 0.4) is 0 Å². The van der Waals surface area contributed by atoms with E-state index < -0.39 is 6.10 Å². The van der Waals surface area contributed by atoms with Gasteiger partial charge in [-0.2, -0.15) is 0 Å². The number of rotatable bonds is 7. The summed E-state index contributed by atoms with van der Waals surface area (Å²) in [4.78, 5) is 13.8. The van der Waals surface area contributed by atoms with Crippen molar-refractivity contribution < 1.29 is 19.4 Å². The summed E-state index contributed by atoms with van der Waals surface area (Å²) in [6.07, 6.45) is -0.803. The average molecular weight is 364 g/mol. The highest BCUT2D eigenvalue weighted by Crippen LogP contribution is 2.21. The van der Waals surface area contributed by atoms with Crippen molar-refractivity contribution in [2.75, 3.05) is 27.3 Å². The van der Waals surface area contributed by atoms with Gasteiger partial charge in [0.2, 0.25) is 0 Å². The van der Waals surface area contributed by atoms with Gasteiger partial charge in [0.15, 0.2) is 0 Å². The predicted octanol–water partition coefficient (Wildman–Crippen LogP) is 3.17. The van der Waals surface area contributed by atoms with Crippen LogP contribution in [0, 0.1) is 6.92 Å². The van der Waals surface area contributed by atoms with Crippen LogP contribution < -0.4 is 9.47 Å². The number of aliphatic hydroxyl groups excluding tert-OH is 1. The van der Waals surface area contributed by atoms with Gasteiger partial charge in [0.05, 0.1) is 7.11 Å². The lowest BCUT2D eigenvalue weighted by molar-refractivity contribution is 0.0563. The highest BCUT2D eigenvalue weighted by Gasteiger charge is 2.16. The van der Waals surface area contributed by atoms with Gasteiger partial charge in [-0.25, -0.2) is 0 Å². The second kappa shape index (κ2) is 8.74. The number of nitrogens with zero attached hydrogens (tertiary/aromatic N) is 1. The number of hydrogen-bond donors (Lipinski definition) is 1. The zero-order chi connectivity index (χ0) is 18.4. The fourth-order valence-electron chi connectivity index (χ4n) is 2.31. The maximum atomic E-state index is 12.4. The Labute approximate surface area is 152 Å². The molecule has 0 fully saturated rings. The van der Waals surface area contributed by atoms with E-state index in [0.717, 1.165) is 5.56 Å². The van der Waals surface area contributed by atoms with Crippen LogP contribution in [0.25, 0.3) is 0 Å². The van der Waals surface area contributed by atoms with Gasteiger partial charge in [-0.1, -0.05) is 11.6 Å². The fraction of sp³-hybridized carbons (Fsp3) is 0.316. The minimum atomic E-state index is -0.803. The van der Waals surface area contributed by atoms with E-state index in [1.807, 2.05) is 6.92 Å². The molecule has 0 aliphatic rings. The number of ether oxygens (including phenoxy) is 2. The minimum Gasteiger partial charge on any atom is -0.497 e. The maximum Gasteiger partial charge on any atom is 0.253 e. The quantitative estimate of drug-likeness (QED) is 0.820. The molecule has 0 spiro atoms. The lowest BCUT2D eigenvalue weighted by atomic mass is 10.2. The van der Waals surface area contributed by atoms with Crippen molar-refractivity contribution in [3.8, 4) is 11.5 Å². The van der Waals surface area contributed by atoms with Gasteiger partial charge in [-0.05, 0) is 55.0 Å². The highest BCUT2D eigenvalue weighted by molar-refractivity contribution is 6.31. The van der Waals surface area contributed by atoms with Crippen molar-refractivity contribution in [3.05, 3.63) is 58.6 Å². The van der Waals surface area contributed by atoms with E-state index in [0.29, 0.717) is 22.1 Å². The van der Waals surface area contributed by atoms with Gasteiger partial charge in [-0.3, -0.25) is 4.79 Å². The first-order chi connectivity index (χ1) is 11.9. The number of aliphatic hydroxyl groups is 1. The van der Waals surface area contributed by atoms with Crippen LogP contribution in [0.2, 0.25) is 5.02 Å². The van der Waals surface area contributed by atoms with Crippen LogP contribution in [-0.4, -0.2) is 49.3 Å². The Bertz CT molecular complexity index is 718. The van der Waals surface area contributed by atoms with Gasteiger partial charge < -0.3 is 19.5 Å². The number of hydrogen-bond acceptors (Lipinski definition) is 4. The van der Waals surface area contributed by atoms with Gasteiger partial charge in [-0.15, -0.1) is 0 Å². The molecule has 0 aromatic heterocycles. The van der Waals surface area contributed by atoms with E-state index >= 15 is 0 Å². The standard InChI is InChI=1S/C19H22ClNO4/c1-13-10-17(8-9-18(13)20)25-12-15(22)11-21(2)19(23)14-4-6-16(24-3)7-5-14/h4-10,15,22H,11-12H2,1-3H3/t15-/m0/s1. The Hall–Kier alpha value is -2.24. The molecule has 1 N–H and O–H groups in total. The molecule has 6 heteroatoms. The Morgan fingerprint density at radius 3 is 2.44 bits per heavy atom. The Balaban J connectivity index is 1.86. The second-order valence-corrected chi connectivity index (χ2v) is 6.20. The third kappa shape index (κ3) is 5.37. The van der Waals surface area contributed by atoms with E-state index in [4.69, 9.17) is 21.1 Å². The number of aryl methyl sites for hydroxylation is 1. The monoisotopic (exact) mass is 363 g/mol. The van der Waals surface area contributed by atoms with Gasteiger partial charge in [0, 0.05) is 24.2 Å². The SMILES string of the molecule is COc1ccc(C(=O)N(C)C[C@H](O)COc2ccc(Cl)c(C)c2)cc1. The molecule has 5 nitrogen and oxygen atoms in total. The molecule has 25 heavy (non-hydrogen) atoms. The molecule has 0 bridgehead atoms. The molecular weight excluding hydrogens is 342 g/mol. The second-order valence-electron chi connectivity index (χ2n) is 5.79. The van der Waals surface area contributed by atoms with Gasteiger partial charge >= 0.3 is 0 Å². The summed E-state index contributed by atoms with van der Waals surface area (Å²) in [5.41, 5.74) is 1.44. The normalized spacial score (nSPS) is 11.7. The number of carbonyl (C=O) groups excluding carboxylic acids is 1. The molecular formula is C19H22ClNO4. The maximum absolute atomic E-state index is 12.4. The topological polar surface area (TPSA) is 59.0 Å². The lowest BCUT2D eigenvalue weighted by Crippen LogP contribution is -2.37. The Kier molecular flexibility index (Phi) is 6.67. The zero-order valence-electron chi connectivity index (χ0n) is 14.5. The smallest absolute Gasteiger partial charge is 0.253 e. The van der Waals surface area contributed by atoms with Crippen molar-refractivity contribution in [3.63, 3.8) is 0 Å². The molecule has 2 aromatic carbocycles. The molecule has 2 rings (SSSR count). The summed E-state index contributed by atoms with van der Waals surface area (Å²) in [6, 6.07) is 12.1. The highest BCUT2D eigenvalue weighted by atomic mass is 35.5. The van der Waals surface area contributed by atoms with Gasteiger partial charge in [0.25, 0.3) is 5.91 Å². The molecule has 0 saturated heterocycles. The number of halogens is 1. The van der Waals surface area contributed by atoms with Crippen LogP contribution in [0.5, 0.6) is 11.5 Å². The third-order valence-corrected chi connectivity index (χ3v) is 4.16. The van der Waals surface area contributed by atoms with E-state index in [2.05, 4.69) is 0 Å². The molecule has 1 atom stereocenters. The van der Waals surface area contributed by atoms with Crippen LogP contribution >= 0.6 is 11.6 Å². The average Bonchev–Trinajstić information content (AvgIpc) is 2.62. The molecule has 0 radical (unpaired) electrons. The number of likely N-dealkylation sites (N-methyl/N-ethyl adjacent to an activating group) is 1. The number of amides is 1. The molecule has 0 heterocycles. The largest absolute Gasteiger partial charge is 0.497 e. The van der Waals surface area contributed by atoms with E-state index in [1.54, 1.807) is 56.6 Å². The molecule has 0 aliphatic heterocycles. The van der Waals surface area contributed by atoms with E-state index in [1.165, 1.54) is 4.90 Å². The molecule has 134 valence electrons. The summed E-state index contributed by atoms with van der Waals surface area (Å²) in [5, 5.41) is 10.8. The van der Waals surface area contributed by atoms with Crippen molar-refractivity contribution in [2.45, 2.75) is 13.0 Å². The Morgan fingerprint density at radius 2 is 1.84 bits per heavy atom. The molecule has 2 aromatic rings. The first-order valence-corrected chi connectivity index (χ1v) is 8.25. The molecule has 0 unspecified atom stereocenters. The summed E-state index contributed by atoms with van der Waals surface area (Å²) in [6.45, 7) is 2.13. The van der Waals surface area contributed by atoms with E-state index in [9.17, 15) is 9.90 Å². The number of carbonyl (C=O) groups is 1.